The molecule has 0 bridgehead atoms. The number of carbonyl (C=O) groups is 1. The number of carbonyl (C=O) groups excluding carboxylic acids is 1. The standard InChI is InChI=1S/C19H28FN3O2/c1-15(13-22-9-11-25-12-10-22)21-19(24)23(17-6-4-7-17)14-16-5-2-3-8-18(16)20/h2-3,5,8,15,17H,4,6-7,9-14H2,1H3,(H,21,24). The van der Waals surface area contributed by atoms with Crippen LogP contribution >= 0.6 is 0 Å². The second-order valence-electron chi connectivity index (χ2n) is 7.07. The molecule has 1 heterocycles. The molecule has 1 unspecified atom stereocenters. The van der Waals surface area contributed by atoms with Crippen LogP contribution in [0.4, 0.5) is 9.18 Å². The van der Waals surface area contributed by atoms with Crippen LogP contribution in [0.2, 0.25) is 0 Å². The van der Waals surface area contributed by atoms with Crippen molar-refractivity contribution in [3.05, 3.63) is 35.6 Å². The molecule has 0 spiro atoms. The van der Waals surface area contributed by atoms with E-state index in [2.05, 4.69) is 10.2 Å². The summed E-state index contributed by atoms with van der Waals surface area (Å²) in [6.07, 6.45) is 3.13. The summed E-state index contributed by atoms with van der Waals surface area (Å²) in [6, 6.07) is 6.88. The molecule has 1 saturated carbocycles. The van der Waals surface area contributed by atoms with E-state index >= 15 is 0 Å². The number of nitrogens with zero attached hydrogens (tertiary/aromatic N) is 2. The van der Waals surface area contributed by atoms with E-state index in [1.165, 1.54) is 6.07 Å². The molecule has 5 nitrogen and oxygen atoms in total. The Morgan fingerprint density at radius 3 is 2.72 bits per heavy atom. The summed E-state index contributed by atoms with van der Waals surface area (Å²) in [4.78, 5) is 16.9. The number of rotatable bonds is 6. The first kappa shape index (κ1) is 18.1. The molecule has 0 aromatic heterocycles. The molecule has 3 rings (SSSR count). The highest BCUT2D eigenvalue weighted by Crippen LogP contribution is 2.27. The first-order chi connectivity index (χ1) is 12.1. The SMILES string of the molecule is CC(CN1CCOCC1)NC(=O)N(Cc1ccccc1F)C1CCC1. The average molecular weight is 349 g/mol. The van der Waals surface area contributed by atoms with Crippen LogP contribution in [-0.2, 0) is 11.3 Å². The second-order valence-corrected chi connectivity index (χ2v) is 7.07. The number of morpholine rings is 1. The van der Waals surface area contributed by atoms with Gasteiger partial charge in [0.15, 0.2) is 0 Å². The Balaban J connectivity index is 1.58. The fourth-order valence-electron chi connectivity index (χ4n) is 3.39. The van der Waals surface area contributed by atoms with E-state index in [4.69, 9.17) is 4.74 Å². The highest BCUT2D eigenvalue weighted by atomic mass is 19.1. The maximum absolute atomic E-state index is 14.0. The third-order valence-electron chi connectivity index (χ3n) is 5.08. The zero-order chi connectivity index (χ0) is 17.6. The van der Waals surface area contributed by atoms with Crippen molar-refractivity contribution in [3.63, 3.8) is 0 Å². The quantitative estimate of drug-likeness (QED) is 0.859. The summed E-state index contributed by atoms with van der Waals surface area (Å²) in [6.45, 7) is 6.48. The summed E-state index contributed by atoms with van der Waals surface area (Å²) in [7, 11) is 0. The Hall–Kier alpha value is -1.66. The van der Waals surface area contributed by atoms with Gasteiger partial charge in [0.2, 0.25) is 0 Å². The summed E-state index contributed by atoms with van der Waals surface area (Å²) in [5.41, 5.74) is 0.574. The lowest BCUT2D eigenvalue weighted by Gasteiger charge is -2.38. The molecule has 0 radical (unpaired) electrons. The van der Waals surface area contributed by atoms with E-state index in [0.29, 0.717) is 12.1 Å². The predicted octanol–water partition coefficient (Wildman–Crippen LogP) is 2.61. The van der Waals surface area contributed by atoms with Gasteiger partial charge >= 0.3 is 6.03 Å². The van der Waals surface area contributed by atoms with Gasteiger partial charge in [-0.25, -0.2) is 9.18 Å². The topological polar surface area (TPSA) is 44.8 Å². The molecule has 1 N–H and O–H groups in total. The highest BCUT2D eigenvalue weighted by molar-refractivity contribution is 5.75. The normalized spacial score (nSPS) is 19.9. The van der Waals surface area contributed by atoms with Crippen molar-refractivity contribution in [3.8, 4) is 0 Å². The molecule has 25 heavy (non-hydrogen) atoms. The van der Waals surface area contributed by atoms with Crippen LogP contribution in [0.3, 0.4) is 0 Å². The van der Waals surface area contributed by atoms with Gasteiger partial charge in [-0.15, -0.1) is 0 Å². The smallest absolute Gasteiger partial charge is 0.318 e. The summed E-state index contributed by atoms with van der Waals surface area (Å²) in [5.74, 6) is -0.249. The van der Waals surface area contributed by atoms with Gasteiger partial charge in [0, 0.05) is 37.3 Å². The van der Waals surface area contributed by atoms with Gasteiger partial charge in [0.25, 0.3) is 0 Å². The van der Waals surface area contributed by atoms with Crippen LogP contribution in [0.15, 0.2) is 24.3 Å². The van der Waals surface area contributed by atoms with Crippen molar-refractivity contribution in [2.24, 2.45) is 0 Å². The maximum atomic E-state index is 14.0. The van der Waals surface area contributed by atoms with Gasteiger partial charge in [0.1, 0.15) is 5.82 Å². The first-order valence-electron chi connectivity index (χ1n) is 9.24. The van der Waals surface area contributed by atoms with Crippen molar-refractivity contribution in [1.82, 2.24) is 15.1 Å². The monoisotopic (exact) mass is 349 g/mol. The fraction of sp³-hybridized carbons (Fsp3) is 0.632. The van der Waals surface area contributed by atoms with Crippen molar-refractivity contribution >= 4 is 6.03 Å². The number of hydrogen-bond donors (Lipinski definition) is 1. The van der Waals surface area contributed by atoms with E-state index in [-0.39, 0.29) is 23.9 Å². The van der Waals surface area contributed by atoms with Crippen LogP contribution in [0.5, 0.6) is 0 Å². The van der Waals surface area contributed by atoms with E-state index in [1.54, 1.807) is 17.0 Å². The lowest BCUT2D eigenvalue weighted by atomic mass is 9.91. The predicted molar refractivity (Wildman–Crippen MR) is 94.8 cm³/mol. The van der Waals surface area contributed by atoms with Gasteiger partial charge in [-0.3, -0.25) is 4.90 Å². The lowest BCUT2D eigenvalue weighted by Crippen LogP contribution is -2.53. The summed E-state index contributed by atoms with van der Waals surface area (Å²) < 4.78 is 19.4. The number of urea groups is 1. The molecule has 1 aromatic carbocycles. The minimum absolute atomic E-state index is 0.0498. The molecule has 138 valence electrons. The number of halogens is 1. The Kier molecular flexibility index (Phi) is 6.26. The largest absolute Gasteiger partial charge is 0.379 e. The van der Waals surface area contributed by atoms with Crippen molar-refractivity contribution in [2.75, 3.05) is 32.8 Å². The molecule has 2 amide bonds. The Morgan fingerprint density at radius 1 is 1.36 bits per heavy atom. The third-order valence-corrected chi connectivity index (χ3v) is 5.08. The lowest BCUT2D eigenvalue weighted by molar-refractivity contribution is 0.0343. The molecule has 1 saturated heterocycles. The van der Waals surface area contributed by atoms with E-state index in [1.807, 2.05) is 13.0 Å². The first-order valence-corrected chi connectivity index (χ1v) is 9.24. The number of amides is 2. The van der Waals surface area contributed by atoms with Crippen LogP contribution in [0, 0.1) is 5.82 Å². The van der Waals surface area contributed by atoms with E-state index in [0.717, 1.165) is 52.1 Å². The fourth-order valence-corrected chi connectivity index (χ4v) is 3.39. The molecule has 1 aliphatic heterocycles. The number of hydrogen-bond acceptors (Lipinski definition) is 3. The molecule has 6 heteroatoms. The van der Waals surface area contributed by atoms with Crippen molar-refractivity contribution in [2.45, 2.75) is 44.8 Å². The summed E-state index contributed by atoms with van der Waals surface area (Å²) in [5, 5.41) is 3.10. The highest BCUT2D eigenvalue weighted by Gasteiger charge is 2.30. The van der Waals surface area contributed by atoms with Gasteiger partial charge in [-0.2, -0.15) is 0 Å². The van der Waals surface area contributed by atoms with Crippen LogP contribution in [0.1, 0.15) is 31.7 Å². The van der Waals surface area contributed by atoms with Crippen molar-refractivity contribution in [1.29, 1.82) is 0 Å². The third kappa shape index (κ3) is 4.92. The zero-order valence-corrected chi connectivity index (χ0v) is 14.9. The Bertz CT molecular complexity index is 574. The average Bonchev–Trinajstić information content (AvgIpc) is 2.55. The number of benzene rings is 1. The van der Waals surface area contributed by atoms with Gasteiger partial charge in [-0.05, 0) is 32.3 Å². The van der Waals surface area contributed by atoms with Gasteiger partial charge in [0.05, 0.1) is 19.8 Å². The summed E-state index contributed by atoms with van der Waals surface area (Å²) >= 11 is 0. The minimum atomic E-state index is -0.249. The molecule has 2 aliphatic rings. The van der Waals surface area contributed by atoms with E-state index in [9.17, 15) is 9.18 Å². The van der Waals surface area contributed by atoms with Crippen LogP contribution in [0.25, 0.3) is 0 Å². The zero-order valence-electron chi connectivity index (χ0n) is 14.9. The van der Waals surface area contributed by atoms with Gasteiger partial charge < -0.3 is 15.0 Å². The number of nitrogens with one attached hydrogen (secondary N) is 1. The molecule has 2 fully saturated rings. The van der Waals surface area contributed by atoms with Crippen LogP contribution in [-0.4, -0.2) is 60.8 Å². The molecular formula is C19H28FN3O2. The molecule has 1 aliphatic carbocycles. The molecule has 1 atom stereocenters. The van der Waals surface area contributed by atoms with Crippen LogP contribution < -0.4 is 5.32 Å². The van der Waals surface area contributed by atoms with Crippen molar-refractivity contribution < 1.29 is 13.9 Å². The van der Waals surface area contributed by atoms with E-state index < -0.39 is 0 Å². The Morgan fingerprint density at radius 2 is 2.08 bits per heavy atom. The maximum Gasteiger partial charge on any atom is 0.318 e. The molecule has 1 aromatic rings. The second kappa shape index (κ2) is 8.63. The molecular weight excluding hydrogens is 321 g/mol. The number of ether oxygens (including phenoxy) is 1. The minimum Gasteiger partial charge on any atom is -0.379 e. The van der Waals surface area contributed by atoms with Gasteiger partial charge in [-0.1, -0.05) is 18.2 Å². The Labute approximate surface area is 149 Å².